The molecule has 4 nitrogen and oxygen atoms in total. The normalized spacial score (nSPS) is 18.1. The molecule has 0 amide bonds. The number of Topliss-reactive ketones (excluding diaryl/α,β-unsaturated/α-hetero) is 1. The molecular weight excluding hydrogens is 246 g/mol. The summed E-state index contributed by atoms with van der Waals surface area (Å²) in [6, 6.07) is 0. The Hall–Kier alpha value is -0.940. The monoisotopic (exact) mass is 267 g/mol. The summed E-state index contributed by atoms with van der Waals surface area (Å²) in [5.74, 6) is 0.0471. The molecule has 0 radical (unpaired) electrons. The van der Waals surface area contributed by atoms with E-state index in [1.54, 1.807) is 18.3 Å². The summed E-state index contributed by atoms with van der Waals surface area (Å²) in [7, 11) is 0. The smallest absolute Gasteiger partial charge is 0.186 e. The first-order valence-corrected chi connectivity index (χ1v) is 7.22. The minimum absolute atomic E-state index is 0.0471. The average Bonchev–Trinajstić information content (AvgIpc) is 2.77. The van der Waals surface area contributed by atoms with Crippen molar-refractivity contribution >= 4 is 22.3 Å². The molecule has 0 unspecified atom stereocenters. The lowest BCUT2D eigenvalue weighted by molar-refractivity contribution is 0.101. The van der Waals surface area contributed by atoms with Gasteiger partial charge in [0.15, 0.2) is 10.9 Å². The lowest BCUT2D eigenvalue weighted by Crippen LogP contribution is -2.53. The first-order chi connectivity index (χ1) is 8.38. The molecule has 1 aliphatic heterocycles. The maximum atomic E-state index is 11.2. The number of nitrogens with zero attached hydrogens (tertiary/aromatic N) is 3. The summed E-state index contributed by atoms with van der Waals surface area (Å²) in [6.07, 6.45) is 0. The number of aromatic nitrogens is 1. The van der Waals surface area contributed by atoms with Crippen LogP contribution in [-0.4, -0.2) is 47.4 Å². The van der Waals surface area contributed by atoms with E-state index in [1.807, 2.05) is 5.38 Å². The second-order valence-electron chi connectivity index (χ2n) is 5.72. The van der Waals surface area contributed by atoms with Gasteiger partial charge in [0.2, 0.25) is 0 Å². The van der Waals surface area contributed by atoms with E-state index in [9.17, 15) is 4.79 Å². The van der Waals surface area contributed by atoms with Gasteiger partial charge in [0.25, 0.3) is 0 Å². The summed E-state index contributed by atoms with van der Waals surface area (Å²) in [5.41, 5.74) is 0.827. The van der Waals surface area contributed by atoms with Crippen LogP contribution in [0.25, 0.3) is 0 Å². The van der Waals surface area contributed by atoms with Gasteiger partial charge in [-0.05, 0) is 20.8 Å². The van der Waals surface area contributed by atoms with E-state index in [1.165, 1.54) is 0 Å². The van der Waals surface area contributed by atoms with E-state index in [-0.39, 0.29) is 11.3 Å². The number of piperazine rings is 1. The van der Waals surface area contributed by atoms with Crippen LogP contribution in [0.1, 0.15) is 38.2 Å². The molecule has 1 aliphatic rings. The van der Waals surface area contributed by atoms with Crippen LogP contribution in [0.3, 0.4) is 0 Å². The highest BCUT2D eigenvalue weighted by molar-refractivity contribution is 7.13. The first-order valence-electron chi connectivity index (χ1n) is 6.34. The molecule has 1 aromatic rings. The summed E-state index contributed by atoms with van der Waals surface area (Å²) in [5, 5.41) is 2.84. The van der Waals surface area contributed by atoms with Crippen LogP contribution in [-0.2, 0) is 0 Å². The Kier molecular flexibility index (Phi) is 3.73. The SMILES string of the molecule is CC(=O)c1csc(N2CCN(C(C)(C)C)CC2)n1. The fourth-order valence-electron chi connectivity index (χ4n) is 2.14. The molecule has 2 rings (SSSR count). The van der Waals surface area contributed by atoms with Crippen molar-refractivity contribution in [2.75, 3.05) is 31.1 Å². The molecule has 1 saturated heterocycles. The van der Waals surface area contributed by atoms with E-state index in [0.717, 1.165) is 31.3 Å². The number of rotatable bonds is 2. The number of carbonyl (C=O) groups is 1. The highest BCUT2D eigenvalue weighted by Crippen LogP contribution is 2.24. The van der Waals surface area contributed by atoms with Gasteiger partial charge in [0.05, 0.1) is 0 Å². The minimum atomic E-state index is 0.0471. The highest BCUT2D eigenvalue weighted by Gasteiger charge is 2.26. The van der Waals surface area contributed by atoms with Gasteiger partial charge in [-0.15, -0.1) is 11.3 Å². The lowest BCUT2D eigenvalue weighted by Gasteiger charge is -2.42. The van der Waals surface area contributed by atoms with Crippen LogP contribution in [0.5, 0.6) is 0 Å². The molecule has 100 valence electrons. The van der Waals surface area contributed by atoms with Crippen molar-refractivity contribution in [3.8, 4) is 0 Å². The standard InChI is InChI=1S/C13H21N3OS/c1-10(17)11-9-18-12(14-11)15-5-7-16(8-6-15)13(2,3)4/h9H,5-8H2,1-4H3. The Bertz CT molecular complexity index is 428. The molecule has 1 aromatic heterocycles. The average molecular weight is 267 g/mol. The van der Waals surface area contributed by atoms with E-state index >= 15 is 0 Å². The summed E-state index contributed by atoms with van der Waals surface area (Å²) < 4.78 is 0. The van der Waals surface area contributed by atoms with Crippen LogP contribution >= 0.6 is 11.3 Å². The maximum Gasteiger partial charge on any atom is 0.186 e. The fourth-order valence-corrected chi connectivity index (χ4v) is 3.06. The van der Waals surface area contributed by atoms with Crippen molar-refractivity contribution in [1.82, 2.24) is 9.88 Å². The van der Waals surface area contributed by atoms with Gasteiger partial charge in [-0.2, -0.15) is 0 Å². The van der Waals surface area contributed by atoms with Crippen molar-refractivity contribution in [2.24, 2.45) is 0 Å². The third-order valence-corrected chi connectivity index (χ3v) is 4.25. The van der Waals surface area contributed by atoms with Gasteiger partial charge in [-0.1, -0.05) is 0 Å². The van der Waals surface area contributed by atoms with Crippen molar-refractivity contribution in [3.05, 3.63) is 11.1 Å². The Labute approximate surface area is 113 Å². The molecule has 5 heteroatoms. The highest BCUT2D eigenvalue weighted by atomic mass is 32.1. The molecule has 0 saturated carbocycles. The predicted molar refractivity (Wildman–Crippen MR) is 75.7 cm³/mol. The van der Waals surface area contributed by atoms with E-state index in [0.29, 0.717) is 5.69 Å². The number of hydrogen-bond acceptors (Lipinski definition) is 5. The van der Waals surface area contributed by atoms with E-state index in [4.69, 9.17) is 0 Å². The first kappa shape index (κ1) is 13.5. The third-order valence-electron chi connectivity index (χ3n) is 3.35. The van der Waals surface area contributed by atoms with Crippen LogP contribution in [0.2, 0.25) is 0 Å². The molecule has 2 heterocycles. The fraction of sp³-hybridized carbons (Fsp3) is 0.692. The van der Waals surface area contributed by atoms with Crippen LogP contribution in [0.4, 0.5) is 5.13 Å². The predicted octanol–water partition coefficient (Wildman–Crippen LogP) is 2.27. The van der Waals surface area contributed by atoms with Gasteiger partial charge in [0, 0.05) is 44.0 Å². The molecule has 0 aromatic carbocycles. The van der Waals surface area contributed by atoms with Crippen LogP contribution in [0.15, 0.2) is 5.38 Å². The zero-order valence-electron chi connectivity index (χ0n) is 11.6. The summed E-state index contributed by atoms with van der Waals surface area (Å²) in [4.78, 5) is 20.4. The quantitative estimate of drug-likeness (QED) is 0.770. The number of ketones is 1. The molecule has 0 aliphatic carbocycles. The summed E-state index contributed by atoms with van der Waals surface area (Å²) >= 11 is 1.57. The molecule has 0 N–H and O–H groups in total. The van der Waals surface area contributed by atoms with Gasteiger partial charge < -0.3 is 4.90 Å². The van der Waals surface area contributed by atoms with E-state index < -0.39 is 0 Å². The molecule has 0 atom stereocenters. The third kappa shape index (κ3) is 2.90. The second kappa shape index (κ2) is 4.97. The molecule has 1 fully saturated rings. The Morgan fingerprint density at radius 3 is 2.33 bits per heavy atom. The second-order valence-corrected chi connectivity index (χ2v) is 6.55. The number of carbonyl (C=O) groups excluding carboxylic acids is 1. The van der Waals surface area contributed by atoms with Crippen LogP contribution < -0.4 is 4.90 Å². The molecular formula is C13H21N3OS. The van der Waals surface area contributed by atoms with Gasteiger partial charge in [0.1, 0.15) is 5.69 Å². The molecule has 0 spiro atoms. The number of hydrogen-bond donors (Lipinski definition) is 0. The largest absolute Gasteiger partial charge is 0.346 e. The lowest BCUT2D eigenvalue weighted by atomic mass is 10.1. The van der Waals surface area contributed by atoms with Crippen molar-refractivity contribution in [1.29, 1.82) is 0 Å². The Morgan fingerprint density at radius 1 is 1.28 bits per heavy atom. The van der Waals surface area contributed by atoms with Crippen LogP contribution in [0, 0.1) is 0 Å². The van der Waals surface area contributed by atoms with Gasteiger partial charge >= 0.3 is 0 Å². The zero-order chi connectivity index (χ0) is 13.3. The van der Waals surface area contributed by atoms with Crippen molar-refractivity contribution in [3.63, 3.8) is 0 Å². The topological polar surface area (TPSA) is 36.4 Å². The summed E-state index contributed by atoms with van der Waals surface area (Å²) in [6.45, 7) is 12.4. The zero-order valence-corrected chi connectivity index (χ0v) is 12.4. The minimum Gasteiger partial charge on any atom is -0.346 e. The maximum absolute atomic E-state index is 11.2. The molecule has 0 bridgehead atoms. The Morgan fingerprint density at radius 2 is 1.89 bits per heavy atom. The van der Waals surface area contributed by atoms with Gasteiger partial charge in [-0.25, -0.2) is 4.98 Å². The molecule has 18 heavy (non-hydrogen) atoms. The van der Waals surface area contributed by atoms with Crippen molar-refractivity contribution in [2.45, 2.75) is 33.2 Å². The number of anilines is 1. The van der Waals surface area contributed by atoms with Gasteiger partial charge in [-0.3, -0.25) is 9.69 Å². The van der Waals surface area contributed by atoms with Crippen molar-refractivity contribution < 1.29 is 4.79 Å². The Balaban J connectivity index is 1.99. The number of thiazole rings is 1. The van der Waals surface area contributed by atoms with E-state index in [2.05, 4.69) is 35.6 Å².